The van der Waals surface area contributed by atoms with Gasteiger partial charge in [-0.15, -0.1) is 0 Å². The fourth-order valence-electron chi connectivity index (χ4n) is 1.79. The van der Waals surface area contributed by atoms with Crippen molar-refractivity contribution in [2.45, 2.75) is 19.8 Å². The highest BCUT2D eigenvalue weighted by Crippen LogP contribution is 2.32. The average Bonchev–Trinajstić information content (AvgIpc) is 2.29. The molecule has 2 aromatic carbocycles. The summed E-state index contributed by atoms with van der Waals surface area (Å²) < 4.78 is 1.03. The van der Waals surface area contributed by atoms with E-state index in [2.05, 4.69) is 54.0 Å². The molecule has 0 heterocycles. The maximum Gasteiger partial charge on any atom is 0.0417 e. The van der Waals surface area contributed by atoms with Gasteiger partial charge in [-0.3, -0.25) is 0 Å². The Morgan fingerprint density at radius 2 is 1.82 bits per heavy atom. The first-order valence-electron chi connectivity index (χ1n) is 5.63. The van der Waals surface area contributed by atoms with Crippen LogP contribution in [0.1, 0.15) is 25.3 Å². The van der Waals surface area contributed by atoms with Gasteiger partial charge in [0, 0.05) is 9.50 Å². The molecule has 0 radical (unpaired) electrons. The highest BCUT2D eigenvalue weighted by Gasteiger charge is 2.06. The molecule has 0 nitrogen and oxygen atoms in total. The second-order valence-electron chi connectivity index (χ2n) is 4.40. The highest BCUT2D eigenvalue weighted by atomic mass is 79.9. The van der Waals surface area contributed by atoms with Gasteiger partial charge in [-0.25, -0.2) is 0 Å². The quantitative estimate of drug-likeness (QED) is 0.648. The van der Waals surface area contributed by atoms with Crippen molar-refractivity contribution in [2.24, 2.45) is 0 Å². The van der Waals surface area contributed by atoms with E-state index in [1.807, 2.05) is 18.2 Å². The zero-order chi connectivity index (χ0) is 12.4. The zero-order valence-electron chi connectivity index (χ0n) is 9.87. The lowest BCUT2D eigenvalue weighted by atomic mass is 9.97. The third-order valence-electron chi connectivity index (χ3n) is 2.80. The summed E-state index contributed by atoms with van der Waals surface area (Å²) in [6, 6.07) is 14.5. The second kappa shape index (κ2) is 5.24. The first kappa shape index (κ1) is 12.7. The van der Waals surface area contributed by atoms with Crippen LogP contribution >= 0.6 is 27.5 Å². The van der Waals surface area contributed by atoms with E-state index in [1.165, 1.54) is 16.7 Å². The van der Waals surface area contributed by atoms with E-state index >= 15 is 0 Å². The first-order chi connectivity index (χ1) is 8.08. The van der Waals surface area contributed by atoms with Gasteiger partial charge in [0.2, 0.25) is 0 Å². The average molecular weight is 310 g/mol. The zero-order valence-corrected chi connectivity index (χ0v) is 12.2. The second-order valence-corrected chi connectivity index (χ2v) is 5.70. The topological polar surface area (TPSA) is 0 Å². The fraction of sp³-hybridized carbons (Fsp3) is 0.200. The molecule has 0 fully saturated rings. The summed E-state index contributed by atoms with van der Waals surface area (Å²) >= 11 is 9.52. The molecule has 2 heteroatoms. The Labute approximate surface area is 116 Å². The number of rotatable bonds is 2. The van der Waals surface area contributed by atoms with Crippen LogP contribution in [0, 0.1) is 0 Å². The van der Waals surface area contributed by atoms with E-state index in [4.69, 9.17) is 11.6 Å². The van der Waals surface area contributed by atoms with Crippen molar-refractivity contribution in [3.8, 4) is 11.1 Å². The molecular formula is C15H14BrCl. The predicted molar refractivity (Wildman–Crippen MR) is 78.7 cm³/mol. The minimum absolute atomic E-state index is 0.543. The van der Waals surface area contributed by atoms with Crippen molar-refractivity contribution in [1.82, 2.24) is 0 Å². The van der Waals surface area contributed by atoms with Gasteiger partial charge in [0.05, 0.1) is 0 Å². The molecule has 17 heavy (non-hydrogen) atoms. The van der Waals surface area contributed by atoms with Crippen molar-refractivity contribution in [1.29, 1.82) is 0 Å². The van der Waals surface area contributed by atoms with Crippen LogP contribution in [0.4, 0.5) is 0 Å². The molecule has 2 rings (SSSR count). The molecule has 0 N–H and O–H groups in total. The molecule has 0 spiro atoms. The number of benzene rings is 2. The van der Waals surface area contributed by atoms with E-state index in [0.717, 1.165) is 9.50 Å². The van der Waals surface area contributed by atoms with Crippen molar-refractivity contribution in [3.05, 3.63) is 57.5 Å². The van der Waals surface area contributed by atoms with Crippen LogP contribution < -0.4 is 0 Å². The maximum absolute atomic E-state index is 5.96. The van der Waals surface area contributed by atoms with Crippen LogP contribution in [0.25, 0.3) is 11.1 Å². The summed E-state index contributed by atoms with van der Waals surface area (Å²) in [6.45, 7) is 4.41. The molecular weight excluding hydrogens is 296 g/mol. The molecule has 0 bridgehead atoms. The minimum Gasteiger partial charge on any atom is -0.0843 e. The Hall–Kier alpha value is -0.790. The normalized spacial score (nSPS) is 10.9. The molecule has 2 aromatic rings. The molecule has 0 aliphatic carbocycles. The summed E-state index contributed by atoms with van der Waals surface area (Å²) in [5.74, 6) is 0.543. The van der Waals surface area contributed by atoms with Gasteiger partial charge in [0.15, 0.2) is 0 Å². The number of hydrogen-bond donors (Lipinski definition) is 0. The van der Waals surface area contributed by atoms with Gasteiger partial charge < -0.3 is 0 Å². The fourth-order valence-corrected chi connectivity index (χ4v) is 2.70. The molecule has 0 saturated carbocycles. The van der Waals surface area contributed by atoms with Gasteiger partial charge in [-0.05, 0) is 34.7 Å². The Kier molecular flexibility index (Phi) is 3.90. The molecule has 0 atom stereocenters. The van der Waals surface area contributed by atoms with Crippen LogP contribution in [-0.4, -0.2) is 0 Å². The van der Waals surface area contributed by atoms with Crippen molar-refractivity contribution in [3.63, 3.8) is 0 Å². The molecule has 0 aromatic heterocycles. The molecule has 0 aliphatic heterocycles. The smallest absolute Gasteiger partial charge is 0.0417 e. The van der Waals surface area contributed by atoms with Gasteiger partial charge in [-0.2, -0.15) is 0 Å². The summed E-state index contributed by atoms with van der Waals surface area (Å²) in [7, 11) is 0. The van der Waals surface area contributed by atoms with Gasteiger partial charge in [0.1, 0.15) is 0 Å². The highest BCUT2D eigenvalue weighted by molar-refractivity contribution is 9.10. The Balaban J connectivity index is 2.49. The van der Waals surface area contributed by atoms with Crippen molar-refractivity contribution < 1.29 is 0 Å². The van der Waals surface area contributed by atoms with E-state index in [0.29, 0.717) is 5.92 Å². The molecule has 0 saturated heterocycles. The van der Waals surface area contributed by atoms with Crippen molar-refractivity contribution in [2.75, 3.05) is 0 Å². The minimum atomic E-state index is 0.543. The molecule has 0 unspecified atom stereocenters. The first-order valence-corrected chi connectivity index (χ1v) is 6.80. The number of halogens is 2. The lowest BCUT2D eigenvalue weighted by Gasteiger charge is -2.10. The SMILES string of the molecule is CC(C)c1cccc(-c2ccc(Cl)cc2Br)c1. The summed E-state index contributed by atoms with van der Waals surface area (Å²) in [6.07, 6.45) is 0. The van der Waals surface area contributed by atoms with Gasteiger partial charge in [-0.1, -0.05) is 71.7 Å². The van der Waals surface area contributed by atoms with Crippen LogP contribution in [0.5, 0.6) is 0 Å². The monoisotopic (exact) mass is 308 g/mol. The largest absolute Gasteiger partial charge is 0.0843 e. The van der Waals surface area contributed by atoms with Crippen LogP contribution in [0.2, 0.25) is 5.02 Å². The number of hydrogen-bond acceptors (Lipinski definition) is 0. The van der Waals surface area contributed by atoms with E-state index < -0.39 is 0 Å². The van der Waals surface area contributed by atoms with Gasteiger partial charge >= 0.3 is 0 Å². The summed E-state index contributed by atoms with van der Waals surface area (Å²) in [4.78, 5) is 0. The van der Waals surface area contributed by atoms with Crippen LogP contribution in [0.3, 0.4) is 0 Å². The Morgan fingerprint density at radius 3 is 2.47 bits per heavy atom. The van der Waals surface area contributed by atoms with Crippen LogP contribution in [0.15, 0.2) is 46.9 Å². The predicted octanol–water partition coefficient (Wildman–Crippen LogP) is 5.89. The summed E-state index contributed by atoms with van der Waals surface area (Å²) in [5, 5.41) is 0.751. The third-order valence-corrected chi connectivity index (χ3v) is 3.69. The van der Waals surface area contributed by atoms with E-state index in [-0.39, 0.29) is 0 Å². The third kappa shape index (κ3) is 2.91. The molecule has 0 aliphatic rings. The molecule has 88 valence electrons. The van der Waals surface area contributed by atoms with Gasteiger partial charge in [0.25, 0.3) is 0 Å². The van der Waals surface area contributed by atoms with E-state index in [1.54, 1.807) is 0 Å². The lowest BCUT2D eigenvalue weighted by Crippen LogP contribution is -1.88. The summed E-state index contributed by atoms with van der Waals surface area (Å²) in [5.41, 5.74) is 3.75. The standard InChI is InChI=1S/C15H14BrCl/c1-10(2)11-4-3-5-12(8-11)14-7-6-13(17)9-15(14)16/h3-10H,1-2H3. The lowest BCUT2D eigenvalue weighted by molar-refractivity contribution is 0.867. The Morgan fingerprint density at radius 1 is 1.06 bits per heavy atom. The Bertz CT molecular complexity index is 532. The molecule has 0 amide bonds. The maximum atomic E-state index is 5.96. The van der Waals surface area contributed by atoms with Crippen molar-refractivity contribution >= 4 is 27.5 Å². The van der Waals surface area contributed by atoms with Crippen LogP contribution in [-0.2, 0) is 0 Å². The van der Waals surface area contributed by atoms with E-state index in [9.17, 15) is 0 Å².